The number of methoxy groups -OCH3 is 1. The van der Waals surface area contributed by atoms with Gasteiger partial charge in [0.15, 0.2) is 0 Å². The van der Waals surface area contributed by atoms with Gasteiger partial charge in [0.25, 0.3) is 0 Å². The molecule has 2 aromatic rings. The first kappa shape index (κ1) is 14.9. The molecule has 104 valence electrons. The molecule has 0 aliphatic rings. The average Bonchev–Trinajstić information content (AvgIpc) is 2.44. The number of ether oxygens (including phenoxy) is 1. The summed E-state index contributed by atoms with van der Waals surface area (Å²) in [4.78, 5) is 15.0. The number of pyridine rings is 1. The third-order valence-electron chi connectivity index (χ3n) is 2.62. The zero-order valence-corrected chi connectivity index (χ0v) is 12.4. The quantitative estimate of drug-likeness (QED) is 0.845. The third kappa shape index (κ3) is 2.68. The van der Waals surface area contributed by atoms with Gasteiger partial charge in [-0.15, -0.1) is 0 Å². The lowest BCUT2D eigenvalue weighted by molar-refractivity contribution is 0.0696. The van der Waals surface area contributed by atoms with E-state index in [0.29, 0.717) is 16.1 Å². The molecule has 0 aliphatic carbocycles. The summed E-state index contributed by atoms with van der Waals surface area (Å²) < 4.78 is 5.12. The van der Waals surface area contributed by atoms with Crippen LogP contribution in [0.5, 0.6) is 5.88 Å². The number of rotatable bonds is 3. The molecule has 0 fully saturated rings. The molecule has 2 rings (SSSR count). The molecule has 0 spiro atoms. The number of aromatic carboxylic acids is 1. The monoisotopic (exact) mass is 331 g/mol. The molecular weight excluding hydrogens is 325 g/mol. The van der Waals surface area contributed by atoms with Crippen molar-refractivity contribution in [1.29, 1.82) is 0 Å². The summed E-state index contributed by atoms with van der Waals surface area (Å²) in [5.74, 6) is -0.854. The molecule has 1 heterocycles. The summed E-state index contributed by atoms with van der Waals surface area (Å²) in [6.07, 6.45) is 1.20. The van der Waals surface area contributed by atoms with Gasteiger partial charge in [-0.05, 0) is 12.1 Å². The molecule has 0 saturated carbocycles. The fourth-order valence-corrected chi connectivity index (χ4v) is 2.30. The van der Waals surface area contributed by atoms with Crippen LogP contribution in [0.3, 0.4) is 0 Å². The van der Waals surface area contributed by atoms with Crippen LogP contribution in [0.15, 0.2) is 24.4 Å². The Morgan fingerprint density at radius 1 is 1.20 bits per heavy atom. The summed E-state index contributed by atoms with van der Waals surface area (Å²) in [6.45, 7) is 0. The molecule has 7 heteroatoms. The summed E-state index contributed by atoms with van der Waals surface area (Å²) in [5, 5.41) is 9.73. The van der Waals surface area contributed by atoms with Gasteiger partial charge in [0.1, 0.15) is 0 Å². The Morgan fingerprint density at radius 3 is 2.50 bits per heavy atom. The lowest BCUT2D eigenvalue weighted by atomic mass is 10.1. The number of halogens is 3. The Morgan fingerprint density at radius 2 is 1.90 bits per heavy atom. The molecular formula is C13H8Cl3NO3. The Labute approximate surface area is 129 Å². The third-order valence-corrected chi connectivity index (χ3v) is 3.91. The second-order valence-corrected chi connectivity index (χ2v) is 4.97. The van der Waals surface area contributed by atoms with Gasteiger partial charge in [-0.2, -0.15) is 0 Å². The molecule has 0 aliphatic heterocycles. The van der Waals surface area contributed by atoms with Gasteiger partial charge in [-0.3, -0.25) is 0 Å². The first-order valence-corrected chi connectivity index (χ1v) is 6.50. The van der Waals surface area contributed by atoms with E-state index in [0.717, 1.165) is 0 Å². The van der Waals surface area contributed by atoms with Crippen molar-refractivity contribution < 1.29 is 14.6 Å². The van der Waals surface area contributed by atoms with Gasteiger partial charge in [-0.25, -0.2) is 9.78 Å². The van der Waals surface area contributed by atoms with Crippen molar-refractivity contribution in [3.63, 3.8) is 0 Å². The molecule has 20 heavy (non-hydrogen) atoms. The minimum atomic E-state index is -1.10. The number of nitrogens with zero attached hydrogens (tertiary/aromatic N) is 1. The molecule has 4 nitrogen and oxygen atoms in total. The van der Waals surface area contributed by atoms with Crippen molar-refractivity contribution in [2.75, 3.05) is 7.11 Å². The van der Waals surface area contributed by atoms with Gasteiger partial charge in [0.05, 0.1) is 27.7 Å². The Bertz CT molecular complexity index is 689. The second-order valence-electron chi connectivity index (χ2n) is 3.81. The predicted molar refractivity (Wildman–Crippen MR) is 78.2 cm³/mol. The molecule has 1 aromatic carbocycles. The highest BCUT2D eigenvalue weighted by Gasteiger charge is 2.17. The van der Waals surface area contributed by atoms with Gasteiger partial charge >= 0.3 is 5.97 Å². The van der Waals surface area contributed by atoms with Crippen molar-refractivity contribution in [1.82, 2.24) is 4.98 Å². The van der Waals surface area contributed by atoms with Crippen LogP contribution in [0.4, 0.5) is 0 Å². The zero-order chi connectivity index (χ0) is 14.9. The number of aromatic nitrogens is 1. The smallest absolute Gasteiger partial charge is 0.337 e. The van der Waals surface area contributed by atoms with E-state index < -0.39 is 5.97 Å². The van der Waals surface area contributed by atoms with E-state index in [-0.39, 0.29) is 21.5 Å². The highest BCUT2D eigenvalue weighted by molar-refractivity contribution is 6.49. The minimum Gasteiger partial charge on any atom is -0.481 e. The first-order chi connectivity index (χ1) is 9.45. The zero-order valence-electron chi connectivity index (χ0n) is 10.2. The standard InChI is InChI=1S/C13H8Cl3NO3/c1-20-12-8(4-6(5-17-12)13(18)19)7-2-3-9(14)11(16)10(7)15/h2-5H,1H3,(H,18,19). The highest BCUT2D eigenvalue weighted by Crippen LogP contribution is 2.40. The number of benzene rings is 1. The van der Waals surface area contributed by atoms with E-state index in [2.05, 4.69) is 4.98 Å². The number of carboxylic acids is 1. The number of carboxylic acid groups (broad SMARTS) is 1. The predicted octanol–water partition coefficient (Wildman–Crippen LogP) is 4.42. The van der Waals surface area contributed by atoms with Crippen LogP contribution in [-0.2, 0) is 0 Å². The Balaban J connectivity index is 2.70. The van der Waals surface area contributed by atoms with Crippen molar-refractivity contribution in [2.24, 2.45) is 0 Å². The number of carbonyl (C=O) groups is 1. The molecule has 0 saturated heterocycles. The van der Waals surface area contributed by atoms with E-state index >= 15 is 0 Å². The lowest BCUT2D eigenvalue weighted by Gasteiger charge is -2.11. The van der Waals surface area contributed by atoms with Crippen LogP contribution in [0.2, 0.25) is 15.1 Å². The maximum absolute atomic E-state index is 11.0. The first-order valence-electron chi connectivity index (χ1n) is 5.37. The fraction of sp³-hybridized carbons (Fsp3) is 0.0769. The van der Waals surface area contributed by atoms with E-state index in [1.807, 2.05) is 0 Å². The van der Waals surface area contributed by atoms with Crippen molar-refractivity contribution in [3.05, 3.63) is 45.0 Å². The SMILES string of the molecule is COc1ncc(C(=O)O)cc1-c1ccc(Cl)c(Cl)c1Cl. The van der Waals surface area contributed by atoms with Crippen LogP contribution in [0.1, 0.15) is 10.4 Å². The summed E-state index contributed by atoms with van der Waals surface area (Å²) in [7, 11) is 1.43. The van der Waals surface area contributed by atoms with E-state index in [9.17, 15) is 4.79 Å². The molecule has 0 radical (unpaired) electrons. The minimum absolute atomic E-state index is 0.0166. The van der Waals surface area contributed by atoms with Gasteiger partial charge in [0, 0.05) is 17.3 Å². The molecule has 0 amide bonds. The summed E-state index contributed by atoms with van der Waals surface area (Å²) in [6, 6.07) is 4.61. The maximum Gasteiger partial charge on any atom is 0.337 e. The van der Waals surface area contributed by atoms with Crippen LogP contribution >= 0.6 is 34.8 Å². The van der Waals surface area contributed by atoms with E-state index in [4.69, 9.17) is 44.6 Å². The maximum atomic E-state index is 11.0. The van der Waals surface area contributed by atoms with Crippen molar-refractivity contribution in [3.8, 4) is 17.0 Å². The normalized spacial score (nSPS) is 10.4. The van der Waals surface area contributed by atoms with Gasteiger partial charge in [0.2, 0.25) is 5.88 Å². The van der Waals surface area contributed by atoms with Crippen LogP contribution in [0, 0.1) is 0 Å². The number of hydrogen-bond donors (Lipinski definition) is 1. The van der Waals surface area contributed by atoms with Crippen LogP contribution in [-0.4, -0.2) is 23.2 Å². The van der Waals surface area contributed by atoms with Gasteiger partial charge in [-0.1, -0.05) is 40.9 Å². The Kier molecular flexibility index (Phi) is 4.38. The molecule has 1 N–H and O–H groups in total. The molecule has 1 aromatic heterocycles. The molecule has 0 unspecified atom stereocenters. The lowest BCUT2D eigenvalue weighted by Crippen LogP contribution is -2.00. The largest absolute Gasteiger partial charge is 0.481 e. The van der Waals surface area contributed by atoms with Crippen molar-refractivity contribution >= 4 is 40.8 Å². The summed E-state index contributed by atoms with van der Waals surface area (Å²) in [5.41, 5.74) is 0.937. The molecule has 0 atom stereocenters. The Hall–Kier alpha value is -1.49. The highest BCUT2D eigenvalue weighted by atomic mass is 35.5. The fourth-order valence-electron chi connectivity index (χ4n) is 1.66. The topological polar surface area (TPSA) is 59.4 Å². The van der Waals surface area contributed by atoms with E-state index in [1.54, 1.807) is 12.1 Å². The van der Waals surface area contributed by atoms with Crippen LogP contribution in [0.25, 0.3) is 11.1 Å². The van der Waals surface area contributed by atoms with E-state index in [1.165, 1.54) is 19.4 Å². The van der Waals surface area contributed by atoms with Gasteiger partial charge < -0.3 is 9.84 Å². The summed E-state index contributed by atoms with van der Waals surface area (Å²) >= 11 is 18.0. The van der Waals surface area contributed by atoms with Crippen molar-refractivity contribution in [2.45, 2.75) is 0 Å². The van der Waals surface area contributed by atoms with Crippen LogP contribution < -0.4 is 4.74 Å². The number of hydrogen-bond acceptors (Lipinski definition) is 3. The second kappa shape index (κ2) is 5.87. The molecule has 0 bridgehead atoms. The average molecular weight is 333 g/mol.